The molecule has 3 nitrogen and oxygen atoms in total. The number of rotatable bonds is 5. The van der Waals surface area contributed by atoms with E-state index in [2.05, 4.69) is 72.6 Å². The van der Waals surface area contributed by atoms with E-state index in [1.54, 1.807) is 0 Å². The number of carbonyl (C=O) groups is 1. The van der Waals surface area contributed by atoms with Gasteiger partial charge in [0.05, 0.1) is 0 Å². The van der Waals surface area contributed by atoms with E-state index in [4.69, 9.17) is 0 Å². The van der Waals surface area contributed by atoms with E-state index in [1.807, 2.05) is 24.3 Å². The van der Waals surface area contributed by atoms with Crippen molar-refractivity contribution in [1.82, 2.24) is 4.90 Å². The minimum Gasteiger partial charge on any atom is -0.322 e. The predicted octanol–water partition coefficient (Wildman–Crippen LogP) is 5.62. The maximum atomic E-state index is 12.5. The number of hydrogen-bond donors (Lipinski definition) is 1. The van der Waals surface area contributed by atoms with Crippen LogP contribution in [0.4, 0.5) is 5.69 Å². The summed E-state index contributed by atoms with van der Waals surface area (Å²) in [5, 5.41) is 2.99. The molecular weight excluding hydrogens is 356 g/mol. The van der Waals surface area contributed by atoms with Crippen LogP contribution in [0.5, 0.6) is 0 Å². The van der Waals surface area contributed by atoms with Crippen molar-refractivity contribution < 1.29 is 4.79 Å². The van der Waals surface area contributed by atoms with Crippen molar-refractivity contribution in [1.29, 1.82) is 0 Å². The van der Waals surface area contributed by atoms with E-state index in [-0.39, 0.29) is 5.91 Å². The molecule has 0 spiro atoms. The third-order valence-electron chi connectivity index (χ3n) is 5.67. The number of fused-ring (bicyclic) bond motifs is 1. The Morgan fingerprint density at radius 2 is 1.62 bits per heavy atom. The molecule has 0 aromatic heterocycles. The third kappa shape index (κ3) is 4.75. The van der Waals surface area contributed by atoms with E-state index in [0.29, 0.717) is 11.5 Å². The van der Waals surface area contributed by atoms with E-state index in [0.717, 1.165) is 31.7 Å². The second-order valence-electron chi connectivity index (χ2n) is 8.16. The second-order valence-corrected chi connectivity index (χ2v) is 8.16. The molecule has 1 amide bonds. The van der Waals surface area contributed by atoms with Crippen LogP contribution in [0.2, 0.25) is 0 Å². The Morgan fingerprint density at radius 1 is 0.931 bits per heavy atom. The molecule has 1 N–H and O–H groups in total. The van der Waals surface area contributed by atoms with Crippen molar-refractivity contribution in [3.05, 3.63) is 101 Å². The van der Waals surface area contributed by atoms with E-state index in [1.165, 1.54) is 22.3 Å². The number of nitrogens with zero attached hydrogens (tertiary/aromatic N) is 1. The molecular formula is C26H28N2O. The van der Waals surface area contributed by atoms with E-state index >= 15 is 0 Å². The molecule has 1 aliphatic rings. The summed E-state index contributed by atoms with van der Waals surface area (Å²) in [5.74, 6) is 0.418. The van der Waals surface area contributed by atoms with Crippen molar-refractivity contribution >= 4 is 11.6 Å². The smallest absolute Gasteiger partial charge is 0.255 e. The second kappa shape index (κ2) is 8.62. The first-order valence-electron chi connectivity index (χ1n) is 10.4. The first-order chi connectivity index (χ1) is 14.1. The summed E-state index contributed by atoms with van der Waals surface area (Å²) in [6, 6.07) is 24.7. The van der Waals surface area contributed by atoms with Crippen LogP contribution in [-0.2, 0) is 19.5 Å². The van der Waals surface area contributed by atoms with Gasteiger partial charge in [0, 0.05) is 30.9 Å². The average Bonchev–Trinajstić information content (AvgIpc) is 2.74. The lowest BCUT2D eigenvalue weighted by Gasteiger charge is -2.28. The van der Waals surface area contributed by atoms with Crippen molar-refractivity contribution in [2.24, 2.45) is 0 Å². The number of anilines is 1. The molecule has 0 saturated carbocycles. The first-order valence-corrected chi connectivity index (χ1v) is 10.4. The van der Waals surface area contributed by atoms with Crippen molar-refractivity contribution in [2.75, 3.05) is 11.9 Å². The van der Waals surface area contributed by atoms with E-state index in [9.17, 15) is 4.79 Å². The zero-order chi connectivity index (χ0) is 20.2. The molecule has 0 aliphatic carbocycles. The van der Waals surface area contributed by atoms with Gasteiger partial charge in [0.2, 0.25) is 0 Å². The molecule has 1 aliphatic heterocycles. The SMILES string of the molecule is CC(C)c1ccc(NC(=O)c2ccc(CN3CCc4ccccc4C3)cc2)cc1. The van der Waals surface area contributed by atoms with Crippen molar-refractivity contribution in [3.63, 3.8) is 0 Å². The summed E-state index contributed by atoms with van der Waals surface area (Å²) in [4.78, 5) is 15.0. The van der Waals surface area contributed by atoms with Crippen LogP contribution < -0.4 is 5.32 Å². The van der Waals surface area contributed by atoms with Crippen LogP contribution in [-0.4, -0.2) is 17.4 Å². The van der Waals surface area contributed by atoms with Gasteiger partial charge in [-0.15, -0.1) is 0 Å². The monoisotopic (exact) mass is 384 g/mol. The average molecular weight is 385 g/mol. The Hall–Kier alpha value is -2.91. The summed E-state index contributed by atoms with van der Waals surface area (Å²) in [7, 11) is 0. The molecule has 0 atom stereocenters. The quantitative estimate of drug-likeness (QED) is 0.619. The van der Waals surface area contributed by atoms with Crippen LogP contribution in [0.3, 0.4) is 0 Å². The van der Waals surface area contributed by atoms with Crippen molar-refractivity contribution in [2.45, 2.75) is 39.3 Å². The van der Waals surface area contributed by atoms with Crippen molar-refractivity contribution in [3.8, 4) is 0 Å². The zero-order valence-electron chi connectivity index (χ0n) is 17.2. The molecule has 29 heavy (non-hydrogen) atoms. The summed E-state index contributed by atoms with van der Waals surface area (Å²) in [6.07, 6.45) is 1.10. The molecule has 0 bridgehead atoms. The highest BCUT2D eigenvalue weighted by atomic mass is 16.1. The summed E-state index contributed by atoms with van der Waals surface area (Å²) in [5.41, 5.74) is 6.92. The summed E-state index contributed by atoms with van der Waals surface area (Å²) >= 11 is 0. The predicted molar refractivity (Wildman–Crippen MR) is 119 cm³/mol. The Labute approximate surface area is 173 Å². The summed E-state index contributed by atoms with van der Waals surface area (Å²) < 4.78 is 0. The minimum absolute atomic E-state index is 0.0688. The fourth-order valence-corrected chi connectivity index (χ4v) is 3.86. The van der Waals surface area contributed by atoms with Gasteiger partial charge in [-0.2, -0.15) is 0 Å². The number of nitrogens with one attached hydrogen (secondary N) is 1. The molecule has 3 aromatic carbocycles. The molecule has 3 heteroatoms. The van der Waals surface area contributed by atoms with Gasteiger partial charge in [-0.25, -0.2) is 0 Å². The Bertz CT molecular complexity index is 974. The number of amides is 1. The fourth-order valence-electron chi connectivity index (χ4n) is 3.86. The lowest BCUT2D eigenvalue weighted by atomic mass is 9.99. The molecule has 0 radical (unpaired) electrons. The van der Waals surface area contributed by atoms with Crippen LogP contribution >= 0.6 is 0 Å². The third-order valence-corrected chi connectivity index (χ3v) is 5.67. The molecule has 1 heterocycles. The highest BCUT2D eigenvalue weighted by Crippen LogP contribution is 2.21. The topological polar surface area (TPSA) is 32.3 Å². The largest absolute Gasteiger partial charge is 0.322 e. The van der Waals surface area contributed by atoms with Gasteiger partial charge in [0.25, 0.3) is 5.91 Å². The maximum absolute atomic E-state index is 12.5. The highest BCUT2D eigenvalue weighted by Gasteiger charge is 2.16. The number of carbonyl (C=O) groups excluding carboxylic acids is 1. The van der Waals surface area contributed by atoms with E-state index < -0.39 is 0 Å². The fraction of sp³-hybridized carbons (Fsp3) is 0.269. The lowest BCUT2D eigenvalue weighted by Crippen LogP contribution is -2.29. The Balaban J connectivity index is 1.36. The molecule has 3 aromatic rings. The Kier molecular flexibility index (Phi) is 5.77. The van der Waals surface area contributed by atoms with Gasteiger partial charge in [-0.1, -0.05) is 62.4 Å². The van der Waals surface area contributed by atoms with Gasteiger partial charge >= 0.3 is 0 Å². The number of benzene rings is 3. The lowest BCUT2D eigenvalue weighted by molar-refractivity contribution is 0.102. The van der Waals surface area contributed by atoms with Gasteiger partial charge < -0.3 is 5.32 Å². The standard InChI is InChI=1S/C26H28N2O/c1-19(2)21-11-13-25(14-12-21)27-26(29)23-9-7-20(8-10-23)17-28-16-15-22-5-3-4-6-24(22)18-28/h3-14,19H,15-18H2,1-2H3,(H,27,29). The van der Waals surface area contributed by atoms with Gasteiger partial charge in [-0.05, 0) is 58.9 Å². The van der Waals surface area contributed by atoms with Crippen LogP contribution in [0, 0.1) is 0 Å². The van der Waals surface area contributed by atoms with Gasteiger partial charge in [0.1, 0.15) is 0 Å². The van der Waals surface area contributed by atoms with Crippen LogP contribution in [0.15, 0.2) is 72.8 Å². The maximum Gasteiger partial charge on any atom is 0.255 e. The molecule has 4 rings (SSSR count). The molecule has 0 unspecified atom stereocenters. The highest BCUT2D eigenvalue weighted by molar-refractivity contribution is 6.04. The molecule has 0 saturated heterocycles. The van der Waals surface area contributed by atoms with Crippen LogP contribution in [0.1, 0.15) is 52.4 Å². The van der Waals surface area contributed by atoms with Gasteiger partial charge in [-0.3, -0.25) is 9.69 Å². The normalized spacial score (nSPS) is 13.9. The Morgan fingerprint density at radius 3 is 2.31 bits per heavy atom. The van der Waals surface area contributed by atoms with Gasteiger partial charge in [0.15, 0.2) is 0 Å². The number of hydrogen-bond acceptors (Lipinski definition) is 2. The zero-order valence-corrected chi connectivity index (χ0v) is 17.2. The first kappa shape index (κ1) is 19.4. The minimum atomic E-state index is -0.0688. The molecule has 148 valence electrons. The molecule has 0 fully saturated rings. The van der Waals surface area contributed by atoms with Crippen LogP contribution in [0.25, 0.3) is 0 Å². The summed E-state index contributed by atoms with van der Waals surface area (Å²) in [6.45, 7) is 7.30.